The molecule has 7 heteroatoms. The molecular formula is C13H20N4O3. The molecular weight excluding hydrogens is 260 g/mol. The maximum absolute atomic E-state index is 12.4. The van der Waals surface area contributed by atoms with Gasteiger partial charge in [-0.2, -0.15) is 0 Å². The highest BCUT2D eigenvalue weighted by molar-refractivity contribution is 5.81. The van der Waals surface area contributed by atoms with Crippen LogP contribution in [0.4, 0.5) is 0 Å². The van der Waals surface area contributed by atoms with Crippen molar-refractivity contribution in [2.24, 2.45) is 0 Å². The number of carbonyl (C=O) groups is 1. The minimum atomic E-state index is -0.357. The third-order valence-electron chi connectivity index (χ3n) is 3.86. The second-order valence-electron chi connectivity index (χ2n) is 5.31. The SMILES string of the molecule is O=C(C1CN(Cc2nnco2)CCO1)N1CCCCC1. The summed E-state index contributed by atoms with van der Waals surface area (Å²) in [4.78, 5) is 16.5. The Bertz CT molecular complexity index is 431. The Morgan fingerprint density at radius 1 is 1.30 bits per heavy atom. The zero-order chi connectivity index (χ0) is 13.8. The fourth-order valence-corrected chi connectivity index (χ4v) is 2.77. The zero-order valence-electron chi connectivity index (χ0n) is 11.5. The molecule has 110 valence electrons. The summed E-state index contributed by atoms with van der Waals surface area (Å²) in [7, 11) is 0. The van der Waals surface area contributed by atoms with E-state index < -0.39 is 0 Å². The van der Waals surface area contributed by atoms with Gasteiger partial charge in [-0.15, -0.1) is 10.2 Å². The Balaban J connectivity index is 1.55. The highest BCUT2D eigenvalue weighted by Gasteiger charge is 2.31. The first-order valence-electron chi connectivity index (χ1n) is 7.21. The minimum absolute atomic E-state index is 0.125. The Labute approximate surface area is 117 Å². The van der Waals surface area contributed by atoms with Crippen LogP contribution in [0.5, 0.6) is 0 Å². The Morgan fingerprint density at radius 3 is 2.90 bits per heavy atom. The first-order chi connectivity index (χ1) is 9.83. The van der Waals surface area contributed by atoms with Crippen molar-refractivity contribution in [1.82, 2.24) is 20.0 Å². The lowest BCUT2D eigenvalue weighted by Crippen LogP contribution is -2.51. The first-order valence-corrected chi connectivity index (χ1v) is 7.21. The lowest BCUT2D eigenvalue weighted by atomic mass is 10.1. The molecule has 0 aromatic carbocycles. The van der Waals surface area contributed by atoms with Crippen LogP contribution in [0.25, 0.3) is 0 Å². The van der Waals surface area contributed by atoms with Crippen molar-refractivity contribution in [1.29, 1.82) is 0 Å². The van der Waals surface area contributed by atoms with Crippen LogP contribution >= 0.6 is 0 Å². The highest BCUT2D eigenvalue weighted by atomic mass is 16.5. The van der Waals surface area contributed by atoms with Crippen molar-refractivity contribution >= 4 is 5.91 Å². The molecule has 2 aliphatic rings. The summed E-state index contributed by atoms with van der Waals surface area (Å²) in [6.07, 6.45) is 4.39. The molecule has 1 amide bonds. The van der Waals surface area contributed by atoms with Crippen molar-refractivity contribution in [3.63, 3.8) is 0 Å². The van der Waals surface area contributed by atoms with E-state index >= 15 is 0 Å². The van der Waals surface area contributed by atoms with E-state index in [1.807, 2.05) is 4.90 Å². The van der Waals surface area contributed by atoms with E-state index in [2.05, 4.69) is 15.1 Å². The van der Waals surface area contributed by atoms with Gasteiger partial charge in [0, 0.05) is 26.2 Å². The van der Waals surface area contributed by atoms with Gasteiger partial charge in [0.1, 0.15) is 6.10 Å². The van der Waals surface area contributed by atoms with Gasteiger partial charge in [0.15, 0.2) is 0 Å². The predicted molar refractivity (Wildman–Crippen MR) is 69.7 cm³/mol. The van der Waals surface area contributed by atoms with Crippen LogP contribution in [0, 0.1) is 0 Å². The van der Waals surface area contributed by atoms with E-state index in [0.717, 1.165) is 32.5 Å². The lowest BCUT2D eigenvalue weighted by Gasteiger charge is -2.35. The molecule has 7 nitrogen and oxygen atoms in total. The molecule has 1 unspecified atom stereocenters. The molecule has 0 spiro atoms. The summed E-state index contributed by atoms with van der Waals surface area (Å²) in [5.41, 5.74) is 0. The van der Waals surface area contributed by atoms with E-state index in [1.54, 1.807) is 0 Å². The van der Waals surface area contributed by atoms with Gasteiger partial charge in [-0.05, 0) is 19.3 Å². The maximum atomic E-state index is 12.4. The molecule has 2 fully saturated rings. The van der Waals surface area contributed by atoms with Crippen LogP contribution in [-0.2, 0) is 16.1 Å². The standard InChI is InChI=1S/C13H20N4O3/c18-13(17-4-2-1-3-5-17)11-8-16(6-7-19-11)9-12-15-14-10-20-12/h10-11H,1-9H2. The van der Waals surface area contributed by atoms with Crippen LogP contribution in [0.1, 0.15) is 25.2 Å². The van der Waals surface area contributed by atoms with Crippen LogP contribution in [-0.4, -0.2) is 64.8 Å². The summed E-state index contributed by atoms with van der Waals surface area (Å²) < 4.78 is 10.8. The van der Waals surface area contributed by atoms with Crippen LogP contribution < -0.4 is 0 Å². The van der Waals surface area contributed by atoms with Crippen LogP contribution in [0.3, 0.4) is 0 Å². The molecule has 20 heavy (non-hydrogen) atoms. The molecule has 1 aromatic rings. The molecule has 0 aliphatic carbocycles. The van der Waals surface area contributed by atoms with Crippen molar-refractivity contribution in [2.45, 2.75) is 31.9 Å². The first kappa shape index (κ1) is 13.5. The van der Waals surface area contributed by atoms with Crippen molar-refractivity contribution in [3.8, 4) is 0 Å². The number of hydrogen-bond donors (Lipinski definition) is 0. The van der Waals surface area contributed by atoms with E-state index in [0.29, 0.717) is 25.6 Å². The number of ether oxygens (including phenoxy) is 1. The van der Waals surface area contributed by atoms with E-state index in [1.165, 1.54) is 12.8 Å². The molecule has 1 atom stereocenters. The van der Waals surface area contributed by atoms with Gasteiger partial charge in [0.25, 0.3) is 5.91 Å². The number of carbonyl (C=O) groups excluding carboxylic acids is 1. The molecule has 0 saturated carbocycles. The van der Waals surface area contributed by atoms with Gasteiger partial charge >= 0.3 is 0 Å². The number of nitrogens with zero attached hydrogens (tertiary/aromatic N) is 4. The Morgan fingerprint density at radius 2 is 2.15 bits per heavy atom. The number of piperidine rings is 1. The average molecular weight is 280 g/mol. The Kier molecular flexibility index (Phi) is 4.27. The highest BCUT2D eigenvalue weighted by Crippen LogP contribution is 2.15. The second-order valence-corrected chi connectivity index (χ2v) is 5.31. The predicted octanol–water partition coefficient (Wildman–Crippen LogP) is 0.283. The van der Waals surface area contributed by atoms with Gasteiger partial charge in [-0.3, -0.25) is 9.69 Å². The van der Waals surface area contributed by atoms with Crippen LogP contribution in [0.2, 0.25) is 0 Å². The van der Waals surface area contributed by atoms with Gasteiger partial charge in [-0.25, -0.2) is 0 Å². The number of morpholine rings is 1. The monoisotopic (exact) mass is 280 g/mol. The molecule has 0 bridgehead atoms. The summed E-state index contributed by atoms with van der Waals surface area (Å²) in [6, 6.07) is 0. The smallest absolute Gasteiger partial charge is 0.253 e. The second kappa shape index (κ2) is 6.32. The van der Waals surface area contributed by atoms with Crippen LogP contribution in [0.15, 0.2) is 10.8 Å². The summed E-state index contributed by atoms with van der Waals surface area (Å²) >= 11 is 0. The minimum Gasteiger partial charge on any atom is -0.427 e. The molecule has 0 radical (unpaired) electrons. The molecule has 1 aromatic heterocycles. The fraction of sp³-hybridized carbons (Fsp3) is 0.769. The van der Waals surface area contributed by atoms with E-state index in [-0.39, 0.29) is 12.0 Å². The number of amides is 1. The van der Waals surface area contributed by atoms with Gasteiger partial charge in [-0.1, -0.05) is 0 Å². The molecule has 2 aliphatic heterocycles. The van der Waals surface area contributed by atoms with Crippen molar-refractivity contribution in [2.75, 3.05) is 32.8 Å². The third-order valence-corrected chi connectivity index (χ3v) is 3.86. The molecule has 3 heterocycles. The fourth-order valence-electron chi connectivity index (χ4n) is 2.77. The zero-order valence-corrected chi connectivity index (χ0v) is 11.5. The summed E-state index contributed by atoms with van der Waals surface area (Å²) in [6.45, 7) is 4.25. The quantitative estimate of drug-likeness (QED) is 0.792. The lowest BCUT2D eigenvalue weighted by molar-refractivity contribution is -0.150. The number of hydrogen-bond acceptors (Lipinski definition) is 6. The summed E-state index contributed by atoms with van der Waals surface area (Å²) in [5, 5.41) is 7.54. The van der Waals surface area contributed by atoms with E-state index in [4.69, 9.17) is 9.15 Å². The molecule has 2 saturated heterocycles. The van der Waals surface area contributed by atoms with Gasteiger partial charge in [0.05, 0.1) is 13.2 Å². The summed E-state index contributed by atoms with van der Waals surface area (Å²) in [5.74, 6) is 0.705. The van der Waals surface area contributed by atoms with E-state index in [9.17, 15) is 4.79 Å². The number of likely N-dealkylation sites (tertiary alicyclic amines) is 1. The largest absolute Gasteiger partial charge is 0.427 e. The topological polar surface area (TPSA) is 71.7 Å². The van der Waals surface area contributed by atoms with Gasteiger partial charge in [0.2, 0.25) is 12.3 Å². The third kappa shape index (κ3) is 3.16. The number of rotatable bonds is 3. The van der Waals surface area contributed by atoms with Gasteiger partial charge < -0.3 is 14.1 Å². The Hall–Kier alpha value is -1.47. The average Bonchev–Trinajstić information content (AvgIpc) is 3.01. The van der Waals surface area contributed by atoms with Crippen molar-refractivity contribution < 1.29 is 13.9 Å². The molecule has 3 rings (SSSR count). The molecule has 0 N–H and O–H groups in total. The maximum Gasteiger partial charge on any atom is 0.253 e. The normalized spacial score (nSPS) is 24.8. The number of aromatic nitrogens is 2. The van der Waals surface area contributed by atoms with Crippen molar-refractivity contribution in [3.05, 3.63) is 12.3 Å².